The van der Waals surface area contributed by atoms with Gasteiger partial charge in [-0.3, -0.25) is 4.79 Å². The number of carbonyl (C=O) groups excluding carboxylic acids is 1. The molecule has 0 unspecified atom stereocenters. The fraction of sp³-hybridized carbons (Fsp3) is 0.121. The number of rotatable bonds is 10. The number of ether oxygens (including phenoxy) is 3. The van der Waals surface area contributed by atoms with Gasteiger partial charge >= 0.3 is 5.97 Å². The number of nitrogens with one attached hydrogen (secondary N) is 2. The first-order valence-electron chi connectivity index (χ1n) is 14.2. The quantitative estimate of drug-likeness (QED) is 0.174. The van der Waals surface area contributed by atoms with E-state index in [1.165, 1.54) is 41.9 Å². The van der Waals surface area contributed by atoms with Crippen molar-refractivity contribution in [1.29, 1.82) is 0 Å². The number of aromatic carboxylic acids is 1. The Kier molecular flexibility index (Phi) is 8.36. The Morgan fingerprint density at radius 1 is 0.979 bits per heavy atom. The summed E-state index contributed by atoms with van der Waals surface area (Å²) in [5.74, 6) is -2.08. The van der Waals surface area contributed by atoms with Crippen molar-refractivity contribution in [3.8, 4) is 28.8 Å². The van der Waals surface area contributed by atoms with E-state index in [9.17, 15) is 27.5 Å². The van der Waals surface area contributed by atoms with Crippen LogP contribution in [0, 0.1) is 19.7 Å². The number of fused-ring (bicyclic) bond motifs is 1. The van der Waals surface area contributed by atoms with E-state index in [0.29, 0.717) is 22.7 Å². The Labute approximate surface area is 268 Å². The van der Waals surface area contributed by atoms with Crippen LogP contribution in [-0.2, 0) is 16.6 Å². The zero-order valence-corrected chi connectivity index (χ0v) is 25.8. The number of aromatic nitrogens is 2. The van der Waals surface area contributed by atoms with Gasteiger partial charge in [-0.1, -0.05) is 35.9 Å². The third-order valence-electron chi connectivity index (χ3n) is 7.27. The molecular formula is C33H27FN4O8S. The van der Waals surface area contributed by atoms with Crippen molar-refractivity contribution in [1.82, 2.24) is 14.5 Å². The minimum atomic E-state index is -4.38. The zero-order chi connectivity index (χ0) is 33.3. The highest BCUT2D eigenvalue weighted by atomic mass is 32.2. The third kappa shape index (κ3) is 6.50. The van der Waals surface area contributed by atoms with Crippen LogP contribution in [-0.4, -0.2) is 42.0 Å². The van der Waals surface area contributed by atoms with Crippen molar-refractivity contribution in [3.63, 3.8) is 0 Å². The molecule has 1 aliphatic rings. The molecule has 1 amide bonds. The SMILES string of the molecule is Cc1ccc(-n2nc(C(=O)O)c(C)c2Oc2ccc(NC(=O)c3ccccc3F)cc2S(=O)(=O)NCc2ccc3c(c2)OCO3)cc1. The molecule has 14 heteroatoms. The highest BCUT2D eigenvalue weighted by Gasteiger charge is 2.27. The number of carboxylic acid groups (broad SMARTS) is 1. The number of benzene rings is 4. The molecule has 2 heterocycles. The van der Waals surface area contributed by atoms with E-state index in [4.69, 9.17) is 14.2 Å². The van der Waals surface area contributed by atoms with Crippen molar-refractivity contribution >= 4 is 27.6 Å². The van der Waals surface area contributed by atoms with Gasteiger partial charge in [0.25, 0.3) is 5.91 Å². The molecule has 4 aromatic carbocycles. The number of nitrogens with zero attached hydrogens (tertiary/aromatic N) is 2. The van der Waals surface area contributed by atoms with Crippen molar-refractivity contribution in [2.75, 3.05) is 12.1 Å². The Morgan fingerprint density at radius 3 is 2.47 bits per heavy atom. The van der Waals surface area contributed by atoms with Crippen LogP contribution in [0.4, 0.5) is 10.1 Å². The number of anilines is 1. The van der Waals surface area contributed by atoms with Gasteiger partial charge in [-0.15, -0.1) is 0 Å². The number of carboxylic acids is 1. The maximum Gasteiger partial charge on any atom is 0.356 e. The van der Waals surface area contributed by atoms with Gasteiger partial charge in [0, 0.05) is 17.8 Å². The molecule has 0 bridgehead atoms. The maximum absolute atomic E-state index is 14.3. The Balaban J connectivity index is 1.39. The summed E-state index contributed by atoms with van der Waals surface area (Å²) in [6, 6.07) is 21.2. The summed E-state index contributed by atoms with van der Waals surface area (Å²) in [5.41, 5.74) is 1.64. The average molecular weight is 659 g/mol. The summed E-state index contributed by atoms with van der Waals surface area (Å²) in [6.07, 6.45) is 0. The van der Waals surface area contributed by atoms with Gasteiger partial charge in [0.15, 0.2) is 17.2 Å². The fourth-order valence-corrected chi connectivity index (χ4v) is 5.97. The highest BCUT2D eigenvalue weighted by Crippen LogP contribution is 2.36. The van der Waals surface area contributed by atoms with Crippen LogP contribution in [0.1, 0.15) is 37.5 Å². The molecule has 0 atom stereocenters. The molecule has 1 aromatic heterocycles. The van der Waals surface area contributed by atoms with Crippen molar-refractivity contribution in [3.05, 3.63) is 119 Å². The normalized spacial score (nSPS) is 12.1. The van der Waals surface area contributed by atoms with Crippen molar-refractivity contribution in [2.24, 2.45) is 0 Å². The molecule has 47 heavy (non-hydrogen) atoms. The van der Waals surface area contributed by atoms with Crippen LogP contribution in [0.5, 0.6) is 23.1 Å². The molecule has 1 aliphatic heterocycles. The maximum atomic E-state index is 14.3. The van der Waals surface area contributed by atoms with Crippen LogP contribution in [0.2, 0.25) is 0 Å². The molecule has 6 rings (SSSR count). The molecule has 0 radical (unpaired) electrons. The standard InChI is InChI=1S/C33H27FN4O8S/c1-19-7-11-23(12-8-19)38-32(20(2)30(37-38)33(40)41)46-27-14-10-22(36-31(39)24-5-3-4-6-25(24)34)16-29(27)47(42,43)35-17-21-9-13-26-28(15-21)45-18-44-26/h3-16,35H,17-18H2,1-2H3,(H,36,39)(H,40,41). The van der Waals surface area contributed by atoms with Gasteiger partial charge in [-0.25, -0.2) is 22.3 Å². The van der Waals surface area contributed by atoms with Gasteiger partial charge in [0.2, 0.25) is 22.7 Å². The van der Waals surface area contributed by atoms with E-state index < -0.39 is 32.6 Å². The van der Waals surface area contributed by atoms with Crippen LogP contribution in [0.3, 0.4) is 0 Å². The number of halogens is 1. The van der Waals surface area contributed by atoms with Gasteiger partial charge in [-0.05, 0) is 74.0 Å². The lowest BCUT2D eigenvalue weighted by Gasteiger charge is -2.16. The number of aryl methyl sites for hydroxylation is 1. The van der Waals surface area contributed by atoms with E-state index in [1.807, 2.05) is 6.92 Å². The summed E-state index contributed by atoms with van der Waals surface area (Å²) in [5, 5.41) is 16.5. The van der Waals surface area contributed by atoms with E-state index >= 15 is 0 Å². The molecule has 12 nitrogen and oxygen atoms in total. The Bertz CT molecular complexity index is 2130. The van der Waals surface area contributed by atoms with Crippen LogP contribution < -0.4 is 24.2 Å². The number of carbonyl (C=O) groups is 2. The van der Waals surface area contributed by atoms with Crippen molar-refractivity contribution < 1.29 is 41.7 Å². The molecule has 0 fully saturated rings. The van der Waals surface area contributed by atoms with Crippen LogP contribution in [0.25, 0.3) is 5.69 Å². The average Bonchev–Trinajstić information content (AvgIpc) is 3.65. The van der Waals surface area contributed by atoms with Gasteiger partial charge < -0.3 is 24.6 Å². The first-order valence-corrected chi connectivity index (χ1v) is 15.6. The second-order valence-corrected chi connectivity index (χ2v) is 12.3. The second kappa shape index (κ2) is 12.6. The van der Waals surface area contributed by atoms with E-state index in [-0.39, 0.29) is 47.5 Å². The summed E-state index contributed by atoms with van der Waals surface area (Å²) in [7, 11) is -4.38. The van der Waals surface area contributed by atoms with E-state index in [1.54, 1.807) is 42.5 Å². The first-order chi connectivity index (χ1) is 22.5. The highest BCUT2D eigenvalue weighted by molar-refractivity contribution is 7.89. The van der Waals surface area contributed by atoms with Crippen molar-refractivity contribution in [2.45, 2.75) is 25.3 Å². The minimum Gasteiger partial charge on any atom is -0.476 e. The number of hydrogen-bond donors (Lipinski definition) is 3. The number of sulfonamides is 1. The van der Waals surface area contributed by atoms with Crippen LogP contribution >= 0.6 is 0 Å². The molecular weight excluding hydrogens is 631 g/mol. The monoisotopic (exact) mass is 658 g/mol. The summed E-state index contributed by atoms with van der Waals surface area (Å²) < 4.78 is 62.7. The first kappa shape index (κ1) is 31.3. The van der Waals surface area contributed by atoms with E-state index in [2.05, 4.69) is 15.1 Å². The Morgan fingerprint density at radius 2 is 1.72 bits per heavy atom. The minimum absolute atomic E-state index is 0.0315. The zero-order valence-electron chi connectivity index (χ0n) is 25.0. The predicted octanol–water partition coefficient (Wildman–Crippen LogP) is 5.58. The molecule has 0 saturated carbocycles. The molecule has 5 aromatic rings. The summed E-state index contributed by atoms with van der Waals surface area (Å²) in [4.78, 5) is 24.5. The molecule has 0 saturated heterocycles. The lowest BCUT2D eigenvalue weighted by Crippen LogP contribution is -2.24. The number of amides is 1. The van der Waals surface area contributed by atoms with Crippen LogP contribution in [0.15, 0.2) is 89.8 Å². The smallest absolute Gasteiger partial charge is 0.356 e. The Hall–Kier alpha value is -5.73. The fourth-order valence-electron chi connectivity index (χ4n) is 4.80. The number of hydrogen-bond acceptors (Lipinski definition) is 8. The second-order valence-electron chi connectivity index (χ2n) is 10.5. The molecule has 0 spiro atoms. The third-order valence-corrected chi connectivity index (χ3v) is 8.69. The van der Waals surface area contributed by atoms with Gasteiger partial charge in [0.1, 0.15) is 16.5 Å². The summed E-state index contributed by atoms with van der Waals surface area (Å²) in [6.45, 7) is 3.29. The largest absolute Gasteiger partial charge is 0.476 e. The van der Waals surface area contributed by atoms with Gasteiger partial charge in [0.05, 0.1) is 11.3 Å². The van der Waals surface area contributed by atoms with E-state index in [0.717, 1.165) is 17.7 Å². The van der Waals surface area contributed by atoms with Gasteiger partial charge in [-0.2, -0.15) is 9.78 Å². The molecule has 0 aliphatic carbocycles. The topological polar surface area (TPSA) is 158 Å². The predicted molar refractivity (Wildman–Crippen MR) is 167 cm³/mol. The lowest BCUT2D eigenvalue weighted by molar-refractivity contribution is 0.0689. The molecule has 3 N–H and O–H groups in total. The summed E-state index contributed by atoms with van der Waals surface area (Å²) >= 11 is 0. The molecule has 240 valence electrons. The lowest BCUT2D eigenvalue weighted by atomic mass is 10.2.